The third-order valence-corrected chi connectivity index (χ3v) is 3.06. The number of benzene rings is 1. The third kappa shape index (κ3) is 3.95. The molecule has 0 radical (unpaired) electrons. The number of nitrogens with one attached hydrogen (secondary N) is 1. The molecule has 0 saturated heterocycles. The van der Waals surface area contributed by atoms with Crippen LogP contribution in [0.15, 0.2) is 36.9 Å². The van der Waals surface area contributed by atoms with Crippen molar-refractivity contribution in [3.05, 3.63) is 48.3 Å². The first-order valence-electron chi connectivity index (χ1n) is 7.27. The zero-order valence-corrected chi connectivity index (χ0v) is 13.3. The molecule has 0 aliphatic carbocycles. The van der Waals surface area contributed by atoms with Gasteiger partial charge in [-0.3, -0.25) is 4.79 Å². The normalized spacial score (nSPS) is 10.3. The average molecular weight is 316 g/mol. The molecular weight excluding hydrogens is 296 g/mol. The van der Waals surface area contributed by atoms with Gasteiger partial charge >= 0.3 is 0 Å². The minimum absolute atomic E-state index is 0.219. The lowest BCUT2D eigenvalue weighted by Gasteiger charge is -2.08. The Balaban J connectivity index is 2.32. The van der Waals surface area contributed by atoms with Gasteiger partial charge in [-0.15, -0.1) is 11.7 Å². The summed E-state index contributed by atoms with van der Waals surface area (Å²) in [5.74, 6) is 0.461. The van der Waals surface area contributed by atoms with Gasteiger partial charge in [0.25, 0.3) is 5.91 Å². The van der Waals surface area contributed by atoms with E-state index in [1.807, 2.05) is 31.2 Å². The second-order valence-electron chi connectivity index (χ2n) is 4.66. The fourth-order valence-electron chi connectivity index (χ4n) is 2.05. The maximum Gasteiger partial charge on any atom is 0.274 e. The number of amides is 1. The topological polar surface area (TPSA) is 78.3 Å². The summed E-state index contributed by atoms with van der Waals surface area (Å²) in [5, 5.41) is 10.7. The fraction of sp³-hybridized carbons (Fsp3) is 0.312. The lowest BCUT2D eigenvalue weighted by molar-refractivity contribution is 0.0947. The molecule has 1 aromatic carbocycles. The summed E-state index contributed by atoms with van der Waals surface area (Å²) in [4.78, 5) is 12.1. The van der Waals surface area contributed by atoms with Crippen molar-refractivity contribution in [3.63, 3.8) is 0 Å². The number of ether oxygens (including phenoxy) is 2. The highest BCUT2D eigenvalue weighted by Gasteiger charge is 2.20. The van der Waals surface area contributed by atoms with E-state index in [9.17, 15) is 4.79 Å². The molecule has 0 aliphatic rings. The Morgan fingerprint density at radius 2 is 2.13 bits per heavy atom. The number of hydrogen-bond donors (Lipinski definition) is 1. The fourth-order valence-corrected chi connectivity index (χ4v) is 2.05. The second-order valence-corrected chi connectivity index (χ2v) is 4.66. The number of hydrogen-bond acceptors (Lipinski definition) is 5. The molecule has 0 aliphatic heterocycles. The highest BCUT2D eigenvalue weighted by Crippen LogP contribution is 2.18. The number of carbonyl (C=O) groups is 1. The maximum atomic E-state index is 12.1. The Hall–Kier alpha value is -2.67. The van der Waals surface area contributed by atoms with Crippen LogP contribution in [-0.4, -0.2) is 41.2 Å². The van der Waals surface area contributed by atoms with Gasteiger partial charge in [-0.05, 0) is 31.2 Å². The molecule has 7 nitrogen and oxygen atoms in total. The van der Waals surface area contributed by atoms with E-state index < -0.39 is 0 Å². The lowest BCUT2D eigenvalue weighted by Crippen LogP contribution is -2.25. The molecule has 7 heteroatoms. The highest BCUT2D eigenvalue weighted by molar-refractivity contribution is 5.93. The van der Waals surface area contributed by atoms with Gasteiger partial charge in [-0.2, -0.15) is 0 Å². The van der Waals surface area contributed by atoms with Crippen molar-refractivity contribution in [1.29, 1.82) is 0 Å². The average Bonchev–Trinajstić information content (AvgIpc) is 2.98. The van der Waals surface area contributed by atoms with Gasteiger partial charge in [0, 0.05) is 13.7 Å². The van der Waals surface area contributed by atoms with Crippen LogP contribution in [0.5, 0.6) is 5.75 Å². The summed E-state index contributed by atoms with van der Waals surface area (Å²) in [6, 6.07) is 7.39. The smallest absolute Gasteiger partial charge is 0.274 e. The van der Waals surface area contributed by atoms with Crippen LogP contribution < -0.4 is 10.1 Å². The minimum Gasteiger partial charge on any atom is -0.494 e. The molecule has 0 saturated carbocycles. The first-order chi connectivity index (χ1) is 11.2. The van der Waals surface area contributed by atoms with Crippen molar-refractivity contribution >= 4 is 5.91 Å². The minimum atomic E-state index is -0.311. The maximum absolute atomic E-state index is 12.1. The van der Waals surface area contributed by atoms with Crippen LogP contribution >= 0.6 is 0 Å². The van der Waals surface area contributed by atoms with Crippen LogP contribution in [0, 0.1) is 0 Å². The van der Waals surface area contributed by atoms with Crippen LogP contribution in [0.25, 0.3) is 5.69 Å². The van der Waals surface area contributed by atoms with Gasteiger partial charge in [0.05, 0.1) is 18.9 Å². The van der Waals surface area contributed by atoms with Crippen LogP contribution in [0.2, 0.25) is 0 Å². The summed E-state index contributed by atoms with van der Waals surface area (Å²) in [6.07, 6.45) is 1.60. The summed E-state index contributed by atoms with van der Waals surface area (Å²) in [6.45, 7) is 6.68. The summed E-state index contributed by atoms with van der Waals surface area (Å²) < 4.78 is 12.2. The predicted octanol–water partition coefficient (Wildman–Crippen LogP) is 1.73. The van der Waals surface area contributed by atoms with Crippen molar-refractivity contribution < 1.29 is 14.3 Å². The quantitative estimate of drug-likeness (QED) is 0.750. The molecule has 0 atom stereocenters. The van der Waals surface area contributed by atoms with Crippen LogP contribution in [-0.2, 0) is 11.3 Å². The van der Waals surface area contributed by atoms with E-state index in [1.165, 1.54) is 0 Å². The van der Waals surface area contributed by atoms with Crippen molar-refractivity contribution in [2.45, 2.75) is 13.5 Å². The number of rotatable bonds is 8. The summed E-state index contributed by atoms with van der Waals surface area (Å²) in [7, 11) is 1.56. The van der Waals surface area contributed by atoms with Crippen LogP contribution in [0.4, 0.5) is 0 Å². The van der Waals surface area contributed by atoms with E-state index >= 15 is 0 Å². The van der Waals surface area contributed by atoms with E-state index in [-0.39, 0.29) is 18.2 Å². The Morgan fingerprint density at radius 1 is 1.39 bits per heavy atom. The zero-order valence-electron chi connectivity index (χ0n) is 13.3. The molecule has 0 fully saturated rings. The molecule has 23 heavy (non-hydrogen) atoms. The molecule has 0 bridgehead atoms. The van der Waals surface area contributed by atoms with E-state index in [1.54, 1.807) is 17.9 Å². The molecule has 0 spiro atoms. The summed E-state index contributed by atoms with van der Waals surface area (Å²) in [5.41, 5.74) is 1.59. The summed E-state index contributed by atoms with van der Waals surface area (Å²) >= 11 is 0. The standard InChI is InChI=1S/C16H20N4O3/c1-4-10-17-16(21)15-14(11-22-3)20(19-18-15)12-6-8-13(9-7-12)23-5-2/h4,6-9H,1,5,10-11H2,2-3H3,(H,17,21). The Bertz CT molecular complexity index is 664. The lowest BCUT2D eigenvalue weighted by atomic mass is 10.2. The van der Waals surface area contributed by atoms with E-state index in [0.717, 1.165) is 11.4 Å². The van der Waals surface area contributed by atoms with Crippen LogP contribution in [0.1, 0.15) is 23.1 Å². The molecule has 1 N–H and O–H groups in total. The largest absolute Gasteiger partial charge is 0.494 e. The van der Waals surface area contributed by atoms with E-state index in [4.69, 9.17) is 9.47 Å². The van der Waals surface area contributed by atoms with Crippen molar-refractivity contribution in [3.8, 4) is 11.4 Å². The number of carbonyl (C=O) groups excluding carboxylic acids is 1. The molecule has 0 unspecified atom stereocenters. The highest BCUT2D eigenvalue weighted by atomic mass is 16.5. The van der Waals surface area contributed by atoms with Crippen molar-refractivity contribution in [2.24, 2.45) is 0 Å². The van der Waals surface area contributed by atoms with Gasteiger partial charge in [-0.25, -0.2) is 4.68 Å². The van der Waals surface area contributed by atoms with Crippen molar-refractivity contribution in [1.82, 2.24) is 20.3 Å². The first kappa shape index (κ1) is 16.7. The second kappa shape index (κ2) is 8.09. The monoisotopic (exact) mass is 316 g/mol. The van der Waals surface area contributed by atoms with Crippen molar-refractivity contribution in [2.75, 3.05) is 20.3 Å². The molecule has 2 aromatic rings. The first-order valence-corrected chi connectivity index (χ1v) is 7.27. The molecule has 1 amide bonds. The number of nitrogens with zero attached hydrogens (tertiary/aromatic N) is 3. The Labute approximate surface area is 134 Å². The number of methoxy groups -OCH3 is 1. The van der Waals surface area contributed by atoms with E-state index in [2.05, 4.69) is 22.2 Å². The van der Waals surface area contributed by atoms with Gasteiger partial charge in [0.1, 0.15) is 11.4 Å². The van der Waals surface area contributed by atoms with Gasteiger partial charge in [0.15, 0.2) is 5.69 Å². The predicted molar refractivity (Wildman–Crippen MR) is 85.8 cm³/mol. The molecule has 122 valence electrons. The van der Waals surface area contributed by atoms with Gasteiger partial charge in [0.2, 0.25) is 0 Å². The Kier molecular flexibility index (Phi) is 5.87. The van der Waals surface area contributed by atoms with Gasteiger partial charge < -0.3 is 14.8 Å². The Morgan fingerprint density at radius 3 is 2.74 bits per heavy atom. The van der Waals surface area contributed by atoms with Crippen LogP contribution in [0.3, 0.4) is 0 Å². The van der Waals surface area contributed by atoms with Gasteiger partial charge in [-0.1, -0.05) is 11.3 Å². The number of aromatic nitrogens is 3. The van der Waals surface area contributed by atoms with E-state index in [0.29, 0.717) is 18.8 Å². The molecule has 1 aromatic heterocycles. The SMILES string of the molecule is C=CCNC(=O)c1nnn(-c2ccc(OCC)cc2)c1COC. The molecular formula is C16H20N4O3. The molecule has 1 heterocycles. The third-order valence-electron chi connectivity index (χ3n) is 3.06. The molecule has 2 rings (SSSR count). The zero-order chi connectivity index (χ0) is 16.7.